The summed E-state index contributed by atoms with van der Waals surface area (Å²) in [5.41, 5.74) is 7.16. The number of halogens is 2. The van der Waals surface area contributed by atoms with Crippen LogP contribution >= 0.6 is 12.4 Å². The second-order valence-corrected chi connectivity index (χ2v) is 8.94. The van der Waals surface area contributed by atoms with E-state index in [0.29, 0.717) is 23.5 Å². The molecule has 4 heterocycles. The minimum absolute atomic E-state index is 0. The number of aromatic amines is 1. The van der Waals surface area contributed by atoms with Crippen LogP contribution in [0.3, 0.4) is 0 Å². The third-order valence-corrected chi connectivity index (χ3v) is 6.58. The molecule has 0 saturated carbocycles. The van der Waals surface area contributed by atoms with E-state index in [0.717, 1.165) is 52.0 Å². The molecule has 3 N–H and O–H groups in total. The summed E-state index contributed by atoms with van der Waals surface area (Å²) in [4.78, 5) is 24.6. The van der Waals surface area contributed by atoms with Crippen LogP contribution in [0.25, 0.3) is 11.0 Å². The van der Waals surface area contributed by atoms with E-state index in [2.05, 4.69) is 25.7 Å². The normalized spacial score (nSPS) is 21.3. The molecule has 3 aliphatic rings. The number of amides is 2. The Kier molecular flexibility index (Phi) is 8.12. The number of rotatable bonds is 6. The second-order valence-electron chi connectivity index (χ2n) is 8.94. The number of hydrogen-bond acceptors (Lipinski definition) is 6. The van der Waals surface area contributed by atoms with E-state index < -0.39 is 5.82 Å². The van der Waals surface area contributed by atoms with Crippen LogP contribution < -0.4 is 15.6 Å². The lowest BCUT2D eigenvalue weighted by Crippen LogP contribution is -2.53. The molecule has 5 rings (SSSR count). The number of piperidine rings is 2. The third kappa shape index (κ3) is 5.56. The highest BCUT2D eigenvalue weighted by Gasteiger charge is 2.28. The van der Waals surface area contributed by atoms with Crippen molar-refractivity contribution in [3.63, 3.8) is 0 Å². The van der Waals surface area contributed by atoms with Gasteiger partial charge in [0.1, 0.15) is 18.5 Å². The summed E-state index contributed by atoms with van der Waals surface area (Å²) < 4.78 is 20.4. The van der Waals surface area contributed by atoms with E-state index in [-0.39, 0.29) is 30.2 Å². The van der Waals surface area contributed by atoms with Crippen LogP contribution in [-0.2, 0) is 0 Å². The van der Waals surface area contributed by atoms with Gasteiger partial charge in [-0.1, -0.05) is 6.42 Å². The van der Waals surface area contributed by atoms with Crippen LogP contribution in [0.4, 0.5) is 9.18 Å². The molecule has 1 aromatic heterocycles. The Balaban J connectivity index is 0.00000274. The molecule has 0 radical (unpaired) electrons. The number of likely N-dealkylation sites (tertiary alicyclic amines) is 2. The van der Waals surface area contributed by atoms with Crippen molar-refractivity contribution in [1.29, 1.82) is 0 Å². The molecule has 2 aromatic rings. The summed E-state index contributed by atoms with van der Waals surface area (Å²) in [7, 11) is 0. The molecule has 186 valence electrons. The molecule has 1 atom stereocenters. The fourth-order valence-electron chi connectivity index (χ4n) is 4.72. The van der Waals surface area contributed by atoms with Crippen molar-refractivity contribution < 1.29 is 13.9 Å². The molecule has 2 fully saturated rings. The number of carbonyl (C=O) groups excluding carboxylic acids is 1. The lowest BCUT2D eigenvalue weighted by atomic mass is 10.1. The number of imidazole rings is 1. The number of aromatic nitrogens is 2. The number of ether oxygens (including phenoxy) is 1. The number of carbonyl (C=O) groups is 1. The van der Waals surface area contributed by atoms with Gasteiger partial charge in [0.15, 0.2) is 11.6 Å². The maximum Gasteiger partial charge on any atom is 0.333 e. The highest BCUT2D eigenvalue weighted by Crippen LogP contribution is 2.28. The summed E-state index contributed by atoms with van der Waals surface area (Å²) in [5, 5.41) is 1.61. The molecule has 11 heteroatoms. The van der Waals surface area contributed by atoms with Crippen LogP contribution in [0.5, 0.6) is 5.75 Å². The van der Waals surface area contributed by atoms with Gasteiger partial charge in [-0.25, -0.2) is 14.2 Å². The molecule has 34 heavy (non-hydrogen) atoms. The number of hydrazine groups is 2. The first-order valence-electron chi connectivity index (χ1n) is 12.0. The van der Waals surface area contributed by atoms with E-state index in [9.17, 15) is 9.18 Å². The second kappa shape index (κ2) is 11.2. The lowest BCUT2D eigenvalue weighted by Gasteiger charge is -2.30. The quantitative estimate of drug-likeness (QED) is 0.571. The maximum atomic E-state index is 14.6. The Bertz CT molecular complexity index is 1000. The Hall–Kier alpha value is -2.56. The Morgan fingerprint density at radius 1 is 1.12 bits per heavy atom. The van der Waals surface area contributed by atoms with Gasteiger partial charge in [-0.2, -0.15) is 0 Å². The minimum atomic E-state index is -0.410. The van der Waals surface area contributed by atoms with Gasteiger partial charge >= 0.3 is 6.03 Å². The standard InChI is InChI=1S/C23H32FN7O2.ClH/c24-17-15-18-19(16-21(17)33-14-13-29-9-3-1-4-10-29)27-22(26-18)20-7-8-25-31(20)28-23(32)30-11-5-2-6-12-30;/h7-8,15-16,20,25H,1-6,9-14H2,(H,26,27)(H,28,32);1H. The van der Waals surface area contributed by atoms with Crippen molar-refractivity contribution in [3.05, 3.63) is 36.1 Å². The molecule has 1 unspecified atom stereocenters. The van der Waals surface area contributed by atoms with Gasteiger partial charge in [0.05, 0.1) is 11.0 Å². The number of hydrogen-bond donors (Lipinski definition) is 3. The van der Waals surface area contributed by atoms with Gasteiger partial charge < -0.3 is 20.0 Å². The summed E-state index contributed by atoms with van der Waals surface area (Å²) in [6.45, 7) is 4.95. The van der Waals surface area contributed by atoms with Crippen molar-refractivity contribution in [2.75, 3.05) is 39.3 Å². The summed E-state index contributed by atoms with van der Waals surface area (Å²) in [5.74, 6) is 0.412. The smallest absolute Gasteiger partial charge is 0.333 e. The molecular formula is C23H33ClFN7O2. The minimum Gasteiger partial charge on any atom is -0.489 e. The molecule has 3 aliphatic heterocycles. The van der Waals surface area contributed by atoms with Crippen LogP contribution in [0.1, 0.15) is 50.4 Å². The van der Waals surface area contributed by atoms with Crippen molar-refractivity contribution in [3.8, 4) is 5.75 Å². The van der Waals surface area contributed by atoms with E-state index in [1.807, 2.05) is 11.0 Å². The zero-order valence-electron chi connectivity index (χ0n) is 19.3. The topological polar surface area (TPSA) is 88.8 Å². The van der Waals surface area contributed by atoms with E-state index in [4.69, 9.17) is 4.74 Å². The largest absolute Gasteiger partial charge is 0.489 e. The lowest BCUT2D eigenvalue weighted by molar-refractivity contribution is 0.103. The molecule has 0 aliphatic carbocycles. The number of nitrogens with one attached hydrogen (secondary N) is 3. The van der Waals surface area contributed by atoms with Gasteiger partial charge in [-0.3, -0.25) is 10.3 Å². The third-order valence-electron chi connectivity index (χ3n) is 6.58. The molecular weight excluding hydrogens is 461 g/mol. The van der Waals surface area contributed by atoms with E-state index >= 15 is 0 Å². The van der Waals surface area contributed by atoms with Gasteiger partial charge in [-0.05, 0) is 51.3 Å². The SMILES string of the molecule is Cl.O=C(NN1NC=CC1c1nc2cc(OCCN3CCCCC3)c(F)cc2[nH]1)N1CCCCC1. The van der Waals surface area contributed by atoms with Crippen molar-refractivity contribution in [2.45, 2.75) is 44.6 Å². The Morgan fingerprint density at radius 3 is 2.62 bits per heavy atom. The predicted molar refractivity (Wildman–Crippen MR) is 130 cm³/mol. The highest BCUT2D eigenvalue weighted by molar-refractivity contribution is 5.85. The monoisotopic (exact) mass is 493 g/mol. The zero-order chi connectivity index (χ0) is 22.6. The molecule has 2 saturated heterocycles. The molecule has 9 nitrogen and oxygen atoms in total. The fourth-order valence-corrected chi connectivity index (χ4v) is 4.72. The first-order valence-corrected chi connectivity index (χ1v) is 12.0. The number of H-pyrrole nitrogens is 1. The van der Waals surface area contributed by atoms with Gasteiger partial charge in [0, 0.05) is 38.0 Å². The van der Waals surface area contributed by atoms with Crippen LogP contribution in [0.15, 0.2) is 24.4 Å². The van der Waals surface area contributed by atoms with Crippen molar-refractivity contribution in [2.24, 2.45) is 0 Å². The van der Waals surface area contributed by atoms with Crippen LogP contribution in [-0.4, -0.2) is 70.2 Å². The Morgan fingerprint density at radius 2 is 1.85 bits per heavy atom. The zero-order valence-corrected chi connectivity index (χ0v) is 20.1. The number of urea groups is 1. The van der Waals surface area contributed by atoms with Crippen molar-refractivity contribution in [1.82, 2.24) is 35.7 Å². The summed E-state index contributed by atoms with van der Waals surface area (Å²) >= 11 is 0. The number of fused-ring (bicyclic) bond motifs is 1. The van der Waals surface area contributed by atoms with E-state index in [1.54, 1.807) is 17.4 Å². The summed E-state index contributed by atoms with van der Waals surface area (Å²) in [6, 6.07) is 2.59. The van der Waals surface area contributed by atoms with Gasteiger partial charge in [0.25, 0.3) is 0 Å². The average Bonchev–Trinajstić information content (AvgIpc) is 3.46. The van der Waals surface area contributed by atoms with Gasteiger partial charge in [-0.15, -0.1) is 17.5 Å². The first kappa shape index (κ1) is 24.6. The first-order chi connectivity index (χ1) is 16.2. The van der Waals surface area contributed by atoms with E-state index in [1.165, 1.54) is 25.3 Å². The Labute approximate surface area is 205 Å². The fraction of sp³-hybridized carbons (Fsp3) is 0.565. The summed E-state index contributed by atoms with van der Waals surface area (Å²) in [6.07, 6.45) is 10.6. The van der Waals surface area contributed by atoms with Crippen LogP contribution in [0, 0.1) is 5.82 Å². The van der Waals surface area contributed by atoms with Crippen LogP contribution in [0.2, 0.25) is 0 Å². The highest BCUT2D eigenvalue weighted by atomic mass is 35.5. The van der Waals surface area contributed by atoms with Crippen molar-refractivity contribution >= 4 is 29.5 Å². The molecule has 0 spiro atoms. The maximum absolute atomic E-state index is 14.6. The predicted octanol–water partition coefficient (Wildman–Crippen LogP) is 3.47. The number of nitrogens with zero attached hydrogens (tertiary/aromatic N) is 4. The average molecular weight is 494 g/mol. The number of benzene rings is 1. The molecule has 1 aromatic carbocycles. The molecule has 2 amide bonds. The van der Waals surface area contributed by atoms with Gasteiger partial charge in [0.2, 0.25) is 0 Å². The molecule has 0 bridgehead atoms.